The maximum atomic E-state index is 13.3. The second-order valence-corrected chi connectivity index (χ2v) is 2.67. The fourth-order valence-corrected chi connectivity index (χ4v) is 1.29. The summed E-state index contributed by atoms with van der Waals surface area (Å²) in [5.41, 5.74) is 1.84. The highest BCUT2D eigenvalue weighted by molar-refractivity contribution is 5.76. The van der Waals surface area contributed by atoms with E-state index in [1.165, 1.54) is 0 Å². The smallest absolute Gasteiger partial charge is 0.170 e. The molecule has 2 rings (SSSR count). The third-order valence-electron chi connectivity index (χ3n) is 1.92. The van der Waals surface area contributed by atoms with E-state index in [-0.39, 0.29) is 5.82 Å². The molecule has 2 nitrogen and oxygen atoms in total. The number of nitrogens with zero attached hydrogens (tertiary/aromatic N) is 1. The van der Waals surface area contributed by atoms with Crippen molar-refractivity contribution in [2.45, 2.75) is 13.3 Å². The van der Waals surface area contributed by atoms with E-state index in [1.54, 1.807) is 12.3 Å². The molecule has 62 valence electrons. The zero-order valence-electron chi connectivity index (χ0n) is 6.76. The van der Waals surface area contributed by atoms with Gasteiger partial charge in [-0.3, -0.25) is 4.98 Å². The van der Waals surface area contributed by atoms with Crippen molar-refractivity contribution < 1.29 is 4.39 Å². The van der Waals surface area contributed by atoms with Crippen LogP contribution >= 0.6 is 0 Å². The highest BCUT2D eigenvalue weighted by Gasteiger charge is 2.08. The molecule has 0 atom stereocenters. The van der Waals surface area contributed by atoms with E-state index in [0.717, 1.165) is 5.52 Å². The van der Waals surface area contributed by atoms with Crippen LogP contribution in [0.5, 0.6) is 0 Å². The SMILES string of the molecule is CCc1[nH]c2cccnc2c1F. The Morgan fingerprint density at radius 2 is 2.42 bits per heavy atom. The van der Waals surface area contributed by atoms with Crippen molar-refractivity contribution in [2.75, 3.05) is 0 Å². The Labute approximate surface area is 69.4 Å². The van der Waals surface area contributed by atoms with Crippen LogP contribution in [0.3, 0.4) is 0 Å². The molecule has 0 spiro atoms. The van der Waals surface area contributed by atoms with Crippen LogP contribution in [-0.4, -0.2) is 9.97 Å². The molecule has 2 aromatic rings. The minimum absolute atomic E-state index is 0.215. The number of rotatable bonds is 1. The van der Waals surface area contributed by atoms with Gasteiger partial charge in [-0.05, 0) is 18.6 Å². The molecule has 12 heavy (non-hydrogen) atoms. The van der Waals surface area contributed by atoms with Gasteiger partial charge in [0.05, 0.1) is 11.2 Å². The molecule has 0 amide bonds. The van der Waals surface area contributed by atoms with Crippen LogP contribution in [0.4, 0.5) is 4.39 Å². The third kappa shape index (κ3) is 0.897. The minimum Gasteiger partial charge on any atom is -0.355 e. The summed E-state index contributed by atoms with van der Waals surface area (Å²) in [5.74, 6) is -0.215. The lowest BCUT2D eigenvalue weighted by Crippen LogP contribution is -1.82. The average molecular weight is 164 g/mol. The van der Waals surface area contributed by atoms with E-state index in [2.05, 4.69) is 9.97 Å². The number of hydrogen-bond acceptors (Lipinski definition) is 1. The lowest BCUT2D eigenvalue weighted by atomic mass is 10.3. The molecule has 3 heteroatoms. The predicted octanol–water partition coefficient (Wildman–Crippen LogP) is 2.26. The number of aromatic amines is 1. The van der Waals surface area contributed by atoms with Crippen LogP contribution in [0, 0.1) is 5.82 Å². The maximum Gasteiger partial charge on any atom is 0.170 e. The third-order valence-corrected chi connectivity index (χ3v) is 1.92. The first-order chi connectivity index (χ1) is 5.83. The minimum atomic E-state index is -0.215. The molecule has 0 fully saturated rings. The van der Waals surface area contributed by atoms with E-state index < -0.39 is 0 Å². The summed E-state index contributed by atoms with van der Waals surface area (Å²) in [6, 6.07) is 3.61. The van der Waals surface area contributed by atoms with Crippen molar-refractivity contribution >= 4 is 11.0 Å². The normalized spacial score (nSPS) is 10.8. The molecule has 0 unspecified atom stereocenters. The molecule has 0 saturated carbocycles. The fourth-order valence-electron chi connectivity index (χ4n) is 1.29. The summed E-state index contributed by atoms with van der Waals surface area (Å²) < 4.78 is 13.3. The number of aromatic nitrogens is 2. The van der Waals surface area contributed by atoms with Crippen LogP contribution in [0.15, 0.2) is 18.3 Å². The Morgan fingerprint density at radius 3 is 3.08 bits per heavy atom. The molecule has 2 heterocycles. The van der Waals surface area contributed by atoms with Gasteiger partial charge in [0.25, 0.3) is 0 Å². The first-order valence-corrected chi connectivity index (χ1v) is 3.94. The molecular weight excluding hydrogens is 155 g/mol. The molecule has 1 N–H and O–H groups in total. The number of pyridine rings is 1. The van der Waals surface area contributed by atoms with Gasteiger partial charge in [-0.25, -0.2) is 4.39 Å². The van der Waals surface area contributed by atoms with Crippen molar-refractivity contribution in [3.63, 3.8) is 0 Å². The molecular formula is C9H9FN2. The summed E-state index contributed by atoms with van der Waals surface area (Å²) in [7, 11) is 0. The molecule has 0 radical (unpaired) electrons. The average Bonchev–Trinajstić information content (AvgIpc) is 2.44. The number of nitrogens with one attached hydrogen (secondary N) is 1. The molecule has 0 saturated heterocycles. The van der Waals surface area contributed by atoms with Gasteiger partial charge in [0.1, 0.15) is 5.52 Å². The Balaban J connectivity index is 2.78. The second-order valence-electron chi connectivity index (χ2n) is 2.67. The first kappa shape index (κ1) is 7.28. The lowest BCUT2D eigenvalue weighted by Gasteiger charge is -1.86. The van der Waals surface area contributed by atoms with Gasteiger partial charge in [0, 0.05) is 6.20 Å². The fraction of sp³-hybridized carbons (Fsp3) is 0.222. The van der Waals surface area contributed by atoms with Crippen LogP contribution in [0.2, 0.25) is 0 Å². The second kappa shape index (κ2) is 2.59. The monoisotopic (exact) mass is 164 g/mol. The van der Waals surface area contributed by atoms with E-state index in [0.29, 0.717) is 17.6 Å². The van der Waals surface area contributed by atoms with Gasteiger partial charge in [0.2, 0.25) is 0 Å². The van der Waals surface area contributed by atoms with Gasteiger partial charge in [-0.2, -0.15) is 0 Å². The number of halogens is 1. The van der Waals surface area contributed by atoms with Crippen molar-refractivity contribution in [2.24, 2.45) is 0 Å². The Bertz CT molecular complexity index is 406. The number of H-pyrrole nitrogens is 1. The molecule has 0 aliphatic heterocycles. The van der Waals surface area contributed by atoms with Crippen LogP contribution in [0.1, 0.15) is 12.6 Å². The zero-order valence-corrected chi connectivity index (χ0v) is 6.76. The van der Waals surface area contributed by atoms with E-state index in [1.807, 2.05) is 13.0 Å². The first-order valence-electron chi connectivity index (χ1n) is 3.94. The summed E-state index contributed by atoms with van der Waals surface area (Å²) in [6.45, 7) is 1.91. The number of hydrogen-bond donors (Lipinski definition) is 1. The largest absolute Gasteiger partial charge is 0.355 e. The van der Waals surface area contributed by atoms with Crippen LogP contribution < -0.4 is 0 Å². The molecule has 0 aliphatic rings. The lowest BCUT2D eigenvalue weighted by molar-refractivity contribution is 0.619. The predicted molar refractivity (Wildman–Crippen MR) is 45.4 cm³/mol. The molecule has 0 aromatic carbocycles. The van der Waals surface area contributed by atoms with Crippen LogP contribution in [0.25, 0.3) is 11.0 Å². The van der Waals surface area contributed by atoms with Crippen molar-refractivity contribution in [3.8, 4) is 0 Å². The summed E-state index contributed by atoms with van der Waals surface area (Å²) in [6.07, 6.45) is 2.26. The van der Waals surface area contributed by atoms with Gasteiger partial charge >= 0.3 is 0 Å². The summed E-state index contributed by atoms with van der Waals surface area (Å²) in [5, 5.41) is 0. The molecule has 0 aliphatic carbocycles. The zero-order chi connectivity index (χ0) is 8.55. The Kier molecular flexibility index (Phi) is 1.57. The Morgan fingerprint density at radius 1 is 1.58 bits per heavy atom. The van der Waals surface area contributed by atoms with Crippen molar-refractivity contribution in [3.05, 3.63) is 29.8 Å². The van der Waals surface area contributed by atoms with Crippen LogP contribution in [-0.2, 0) is 6.42 Å². The van der Waals surface area contributed by atoms with E-state index in [4.69, 9.17) is 0 Å². The van der Waals surface area contributed by atoms with Gasteiger partial charge in [0.15, 0.2) is 5.82 Å². The summed E-state index contributed by atoms with van der Waals surface area (Å²) >= 11 is 0. The number of fused-ring (bicyclic) bond motifs is 1. The van der Waals surface area contributed by atoms with Gasteiger partial charge < -0.3 is 4.98 Å². The topological polar surface area (TPSA) is 28.7 Å². The summed E-state index contributed by atoms with van der Waals surface area (Å²) in [4.78, 5) is 6.92. The Hall–Kier alpha value is -1.38. The molecule has 0 bridgehead atoms. The van der Waals surface area contributed by atoms with Gasteiger partial charge in [-0.1, -0.05) is 6.92 Å². The van der Waals surface area contributed by atoms with Crippen molar-refractivity contribution in [1.29, 1.82) is 0 Å². The maximum absolute atomic E-state index is 13.3. The number of aryl methyl sites for hydroxylation is 1. The standard InChI is InChI=1S/C9H9FN2/c1-2-6-8(10)9-7(12-6)4-3-5-11-9/h3-5,12H,2H2,1H3. The quantitative estimate of drug-likeness (QED) is 0.688. The highest BCUT2D eigenvalue weighted by Crippen LogP contribution is 2.17. The molecule has 2 aromatic heterocycles. The van der Waals surface area contributed by atoms with Crippen molar-refractivity contribution in [1.82, 2.24) is 9.97 Å². The highest BCUT2D eigenvalue weighted by atomic mass is 19.1. The van der Waals surface area contributed by atoms with E-state index >= 15 is 0 Å². The van der Waals surface area contributed by atoms with E-state index in [9.17, 15) is 4.39 Å². The van der Waals surface area contributed by atoms with Gasteiger partial charge in [-0.15, -0.1) is 0 Å².